The van der Waals surface area contributed by atoms with Crippen molar-refractivity contribution in [1.82, 2.24) is 24.8 Å². The lowest BCUT2D eigenvalue weighted by molar-refractivity contribution is 0.244. The first-order chi connectivity index (χ1) is 11.9. The molecule has 24 heavy (non-hydrogen) atoms. The predicted octanol–water partition coefficient (Wildman–Crippen LogP) is 3.41. The third-order valence-corrected chi connectivity index (χ3v) is 4.86. The van der Waals surface area contributed by atoms with Crippen molar-refractivity contribution in [2.75, 3.05) is 11.9 Å². The van der Waals surface area contributed by atoms with Gasteiger partial charge in [-0.15, -0.1) is 11.3 Å². The topological polar surface area (TPSA) is 66.8 Å². The van der Waals surface area contributed by atoms with Crippen molar-refractivity contribution in [2.24, 2.45) is 0 Å². The van der Waals surface area contributed by atoms with Gasteiger partial charge in [0.2, 0.25) is 5.95 Å². The molecule has 0 bridgehead atoms. The minimum atomic E-state index is 0.331. The van der Waals surface area contributed by atoms with Crippen LogP contribution in [0.5, 0.6) is 0 Å². The molecule has 122 valence electrons. The zero-order chi connectivity index (χ0) is 16.2. The Morgan fingerprint density at radius 1 is 1.12 bits per heavy atom. The van der Waals surface area contributed by atoms with E-state index >= 15 is 0 Å². The monoisotopic (exact) mass is 338 g/mol. The summed E-state index contributed by atoms with van der Waals surface area (Å²) in [4.78, 5) is 19.8. The molecule has 1 unspecified atom stereocenters. The molecule has 0 aromatic carbocycles. The molecule has 0 radical (unpaired) electrons. The maximum Gasteiger partial charge on any atom is 0.229 e. The number of thiazole rings is 1. The van der Waals surface area contributed by atoms with Gasteiger partial charge in [0.1, 0.15) is 0 Å². The molecule has 3 aromatic heterocycles. The summed E-state index contributed by atoms with van der Waals surface area (Å²) in [5, 5.41) is 5.91. The number of nitrogens with zero attached hydrogens (tertiary/aromatic N) is 5. The van der Waals surface area contributed by atoms with E-state index in [0.717, 1.165) is 30.3 Å². The van der Waals surface area contributed by atoms with E-state index in [4.69, 9.17) is 4.98 Å². The highest BCUT2D eigenvalue weighted by molar-refractivity contribution is 7.13. The van der Waals surface area contributed by atoms with Crippen LogP contribution in [-0.4, -0.2) is 31.4 Å². The van der Waals surface area contributed by atoms with E-state index in [1.54, 1.807) is 6.20 Å². The summed E-state index contributed by atoms with van der Waals surface area (Å²) in [6.07, 6.45) is 9.60. The largest absolute Gasteiger partial charge is 0.300 e. The number of hydrogen-bond acceptors (Lipinski definition) is 7. The molecule has 0 aliphatic carbocycles. The smallest absolute Gasteiger partial charge is 0.229 e. The molecular formula is C17H18N6S. The third-order valence-electron chi connectivity index (χ3n) is 4.17. The van der Waals surface area contributed by atoms with Gasteiger partial charge in [-0.05, 0) is 43.1 Å². The number of hydrogen-bond donors (Lipinski definition) is 1. The van der Waals surface area contributed by atoms with Crippen LogP contribution in [0.4, 0.5) is 11.1 Å². The fraction of sp³-hybridized carbons (Fsp3) is 0.294. The summed E-state index contributed by atoms with van der Waals surface area (Å²) in [7, 11) is 0. The van der Waals surface area contributed by atoms with Gasteiger partial charge >= 0.3 is 0 Å². The standard InChI is InChI=1S/C17H18N6S/c1-2-15(23(10-1)12-13-3-6-18-7-4-13)14-5-8-19-16(21-14)22-17-20-9-11-24-17/h3-9,11,15H,1-2,10,12H2,(H,19,20,21,22). The van der Waals surface area contributed by atoms with Gasteiger partial charge in [-0.2, -0.15) is 0 Å². The van der Waals surface area contributed by atoms with Gasteiger partial charge in [-0.25, -0.2) is 15.0 Å². The second-order valence-corrected chi connectivity index (χ2v) is 6.65. The minimum Gasteiger partial charge on any atom is -0.300 e. The van der Waals surface area contributed by atoms with Gasteiger partial charge in [0.05, 0.1) is 11.7 Å². The Hall–Kier alpha value is -2.38. The van der Waals surface area contributed by atoms with E-state index in [2.05, 4.69) is 37.3 Å². The van der Waals surface area contributed by atoms with E-state index in [0.29, 0.717) is 12.0 Å². The Morgan fingerprint density at radius 3 is 2.88 bits per heavy atom. The van der Waals surface area contributed by atoms with E-state index in [1.165, 1.54) is 23.3 Å². The number of pyridine rings is 1. The molecular weight excluding hydrogens is 320 g/mol. The lowest BCUT2D eigenvalue weighted by Gasteiger charge is -2.24. The van der Waals surface area contributed by atoms with Gasteiger partial charge < -0.3 is 5.32 Å². The van der Waals surface area contributed by atoms with Crippen molar-refractivity contribution < 1.29 is 0 Å². The van der Waals surface area contributed by atoms with E-state index in [-0.39, 0.29) is 0 Å². The molecule has 1 fully saturated rings. The zero-order valence-electron chi connectivity index (χ0n) is 13.2. The van der Waals surface area contributed by atoms with E-state index < -0.39 is 0 Å². The molecule has 0 amide bonds. The molecule has 1 aliphatic heterocycles. The van der Waals surface area contributed by atoms with Crippen LogP contribution in [0.25, 0.3) is 0 Å². The van der Waals surface area contributed by atoms with E-state index in [1.807, 2.05) is 30.0 Å². The van der Waals surface area contributed by atoms with Crippen LogP contribution in [-0.2, 0) is 6.54 Å². The minimum absolute atomic E-state index is 0.331. The van der Waals surface area contributed by atoms with Crippen LogP contribution in [0.1, 0.15) is 30.1 Å². The highest BCUT2D eigenvalue weighted by Gasteiger charge is 2.27. The molecule has 0 saturated carbocycles. The molecule has 1 atom stereocenters. The molecule has 4 heterocycles. The first-order valence-electron chi connectivity index (χ1n) is 8.01. The summed E-state index contributed by atoms with van der Waals surface area (Å²) < 4.78 is 0. The Labute approximate surface area is 144 Å². The summed E-state index contributed by atoms with van der Waals surface area (Å²) >= 11 is 1.54. The van der Waals surface area contributed by atoms with Crippen molar-refractivity contribution in [3.05, 3.63) is 59.6 Å². The van der Waals surface area contributed by atoms with Crippen molar-refractivity contribution in [2.45, 2.75) is 25.4 Å². The van der Waals surface area contributed by atoms with Gasteiger partial charge in [-0.1, -0.05) is 0 Å². The van der Waals surface area contributed by atoms with Crippen molar-refractivity contribution in [3.8, 4) is 0 Å². The van der Waals surface area contributed by atoms with Crippen molar-refractivity contribution >= 4 is 22.4 Å². The normalized spacial score (nSPS) is 17.9. The molecule has 0 spiro atoms. The lowest BCUT2D eigenvalue weighted by Crippen LogP contribution is -2.23. The van der Waals surface area contributed by atoms with Gasteiger partial charge in [0.25, 0.3) is 0 Å². The fourth-order valence-corrected chi connectivity index (χ4v) is 3.59. The average Bonchev–Trinajstić information content (AvgIpc) is 3.28. The van der Waals surface area contributed by atoms with Crippen LogP contribution in [0.2, 0.25) is 0 Å². The molecule has 4 rings (SSSR count). The van der Waals surface area contributed by atoms with Crippen molar-refractivity contribution in [1.29, 1.82) is 0 Å². The summed E-state index contributed by atoms with van der Waals surface area (Å²) in [5.74, 6) is 0.609. The molecule has 1 N–H and O–H groups in total. The summed E-state index contributed by atoms with van der Waals surface area (Å²) in [6.45, 7) is 2.01. The molecule has 6 nitrogen and oxygen atoms in total. The molecule has 3 aromatic rings. The first kappa shape index (κ1) is 15.2. The lowest BCUT2D eigenvalue weighted by atomic mass is 10.1. The molecule has 1 saturated heterocycles. The van der Waals surface area contributed by atoms with Gasteiger partial charge in [-0.3, -0.25) is 9.88 Å². The quantitative estimate of drug-likeness (QED) is 0.769. The second kappa shape index (κ2) is 7.02. The Bertz CT molecular complexity index is 777. The highest BCUT2D eigenvalue weighted by Crippen LogP contribution is 2.32. The van der Waals surface area contributed by atoms with Gasteiger partial charge in [0, 0.05) is 36.7 Å². The Balaban J connectivity index is 1.51. The second-order valence-electron chi connectivity index (χ2n) is 5.75. The molecule has 1 aliphatic rings. The van der Waals surface area contributed by atoms with Crippen LogP contribution in [0.15, 0.2) is 48.4 Å². The highest BCUT2D eigenvalue weighted by atomic mass is 32.1. The Morgan fingerprint density at radius 2 is 2.04 bits per heavy atom. The van der Waals surface area contributed by atoms with Crippen LogP contribution < -0.4 is 5.32 Å². The van der Waals surface area contributed by atoms with Crippen LogP contribution >= 0.6 is 11.3 Å². The fourth-order valence-electron chi connectivity index (χ4n) is 3.07. The summed E-state index contributed by atoms with van der Waals surface area (Å²) in [6, 6.07) is 6.50. The van der Waals surface area contributed by atoms with E-state index in [9.17, 15) is 0 Å². The van der Waals surface area contributed by atoms with Crippen LogP contribution in [0.3, 0.4) is 0 Å². The number of anilines is 2. The number of nitrogens with one attached hydrogen (secondary N) is 1. The summed E-state index contributed by atoms with van der Waals surface area (Å²) in [5.41, 5.74) is 2.35. The third kappa shape index (κ3) is 3.42. The van der Waals surface area contributed by atoms with Crippen LogP contribution in [0, 0.1) is 0 Å². The average molecular weight is 338 g/mol. The molecule has 7 heteroatoms. The van der Waals surface area contributed by atoms with Gasteiger partial charge in [0.15, 0.2) is 5.13 Å². The SMILES string of the molecule is c1cc(CN2CCCC2c2ccnc(Nc3nccs3)n2)ccn1. The Kier molecular flexibility index (Phi) is 4.44. The predicted molar refractivity (Wildman–Crippen MR) is 94.1 cm³/mol. The van der Waals surface area contributed by atoms with Crippen molar-refractivity contribution in [3.63, 3.8) is 0 Å². The zero-order valence-corrected chi connectivity index (χ0v) is 14.0. The maximum atomic E-state index is 4.71. The number of rotatable bonds is 5. The maximum absolute atomic E-state index is 4.71. The first-order valence-corrected chi connectivity index (χ1v) is 8.89. The number of likely N-dealkylation sites (tertiary alicyclic amines) is 1. The number of aromatic nitrogens is 4.